The van der Waals surface area contributed by atoms with E-state index in [1.54, 1.807) is 13.2 Å². The Kier molecular flexibility index (Phi) is 8.16. The third kappa shape index (κ3) is 6.61. The number of nitrogens with one attached hydrogen (secondary N) is 1. The monoisotopic (exact) mass is 445 g/mol. The number of benzene rings is 3. The maximum atomic E-state index is 12.9. The van der Waals surface area contributed by atoms with Crippen LogP contribution in [0.3, 0.4) is 0 Å². The van der Waals surface area contributed by atoms with Crippen LogP contribution in [0.25, 0.3) is 0 Å². The van der Waals surface area contributed by atoms with Gasteiger partial charge in [0.2, 0.25) is 0 Å². The topological polar surface area (TPSA) is 47.6 Å². The lowest BCUT2D eigenvalue weighted by Crippen LogP contribution is -2.14. The number of para-hydroxylation sites is 1. The number of hydrogen-bond acceptors (Lipinski definition) is 3. The quantitative estimate of drug-likeness (QED) is 0.380. The summed E-state index contributed by atoms with van der Waals surface area (Å²) in [5.74, 6) is 1.38. The molecule has 0 saturated carbocycles. The summed E-state index contributed by atoms with van der Waals surface area (Å²) in [5.41, 5.74) is 4.56. The average Bonchev–Trinajstić information content (AvgIpc) is 2.81. The largest absolute Gasteiger partial charge is 0.496 e. The van der Waals surface area contributed by atoms with Crippen LogP contribution in [-0.4, -0.2) is 13.0 Å². The summed E-state index contributed by atoms with van der Waals surface area (Å²) < 4.78 is 11.7. The number of amides is 1. The minimum atomic E-state index is -0.157. The van der Waals surface area contributed by atoms with Gasteiger partial charge in [-0.25, -0.2) is 0 Å². The Morgan fingerprint density at radius 1 is 0.939 bits per heavy atom. The minimum Gasteiger partial charge on any atom is -0.496 e. The normalized spacial score (nSPS) is 11.2. The maximum absolute atomic E-state index is 12.9. The molecule has 0 aliphatic rings. The molecule has 0 aromatic heterocycles. The average molecular weight is 446 g/mol. The molecule has 33 heavy (non-hydrogen) atoms. The number of hydrogen-bond donors (Lipinski definition) is 1. The Morgan fingerprint density at radius 3 is 2.33 bits per heavy atom. The molecule has 0 bridgehead atoms. The highest BCUT2D eigenvalue weighted by Crippen LogP contribution is 2.32. The fourth-order valence-corrected chi connectivity index (χ4v) is 3.74. The first kappa shape index (κ1) is 24.4. The molecule has 3 aromatic rings. The second-order valence-electron chi connectivity index (χ2n) is 9.32. The van der Waals surface area contributed by atoms with E-state index in [0.29, 0.717) is 17.9 Å². The van der Waals surface area contributed by atoms with Gasteiger partial charge in [0.15, 0.2) is 0 Å². The smallest absolute Gasteiger partial charge is 0.255 e. The number of methoxy groups -OCH3 is 1. The van der Waals surface area contributed by atoms with Crippen LogP contribution in [0.5, 0.6) is 11.5 Å². The number of aryl methyl sites for hydroxylation is 1. The number of unbranched alkanes of at least 4 members (excludes halogenated alkanes) is 1. The lowest BCUT2D eigenvalue weighted by atomic mass is 9.86. The standard InChI is InChI=1S/C29H35NO3/c1-6-7-10-21-13-16-24(17-14-21)30-28(31)22-15-18-26(32-5)23(19-22)20-33-27-12-9-8-11-25(27)29(2,3)4/h8-9,11-19H,6-7,10,20H2,1-5H3,(H,30,31). The Bertz CT molecular complexity index is 1060. The number of carbonyl (C=O) groups excluding carboxylic acids is 1. The molecule has 3 rings (SSSR count). The summed E-state index contributed by atoms with van der Waals surface area (Å²) in [6, 6.07) is 21.6. The van der Waals surface area contributed by atoms with Crippen molar-refractivity contribution in [1.82, 2.24) is 0 Å². The highest BCUT2D eigenvalue weighted by atomic mass is 16.5. The van der Waals surface area contributed by atoms with Gasteiger partial charge >= 0.3 is 0 Å². The van der Waals surface area contributed by atoms with E-state index in [9.17, 15) is 4.79 Å². The molecule has 0 saturated heterocycles. The van der Waals surface area contributed by atoms with Crippen LogP contribution in [0.15, 0.2) is 66.7 Å². The molecule has 3 aromatic carbocycles. The summed E-state index contributed by atoms with van der Waals surface area (Å²) in [4.78, 5) is 12.9. The molecular weight excluding hydrogens is 410 g/mol. The number of carbonyl (C=O) groups is 1. The Balaban J connectivity index is 1.74. The zero-order valence-electron chi connectivity index (χ0n) is 20.4. The molecule has 0 atom stereocenters. The zero-order chi connectivity index (χ0) is 23.8. The summed E-state index contributed by atoms with van der Waals surface area (Å²) >= 11 is 0. The number of ether oxygens (including phenoxy) is 2. The van der Waals surface area contributed by atoms with Crippen LogP contribution < -0.4 is 14.8 Å². The van der Waals surface area contributed by atoms with Crippen molar-refractivity contribution in [2.24, 2.45) is 0 Å². The van der Waals surface area contributed by atoms with Gasteiger partial charge < -0.3 is 14.8 Å². The van der Waals surface area contributed by atoms with Crippen LogP contribution in [0.2, 0.25) is 0 Å². The lowest BCUT2D eigenvalue weighted by Gasteiger charge is -2.23. The molecule has 0 aliphatic carbocycles. The van der Waals surface area contributed by atoms with E-state index in [1.165, 1.54) is 18.4 Å². The van der Waals surface area contributed by atoms with Crippen LogP contribution in [0.1, 0.15) is 67.6 Å². The molecule has 0 radical (unpaired) electrons. The summed E-state index contributed by atoms with van der Waals surface area (Å²) in [6.07, 6.45) is 3.40. The van der Waals surface area contributed by atoms with Gasteiger partial charge in [0, 0.05) is 16.8 Å². The summed E-state index contributed by atoms with van der Waals surface area (Å²) in [6.45, 7) is 8.99. The zero-order valence-corrected chi connectivity index (χ0v) is 20.4. The first-order chi connectivity index (χ1) is 15.8. The van der Waals surface area contributed by atoms with Crippen LogP contribution >= 0.6 is 0 Å². The van der Waals surface area contributed by atoms with Gasteiger partial charge in [0.05, 0.1) is 7.11 Å². The van der Waals surface area contributed by atoms with Crippen molar-refractivity contribution in [3.05, 3.63) is 89.0 Å². The van der Waals surface area contributed by atoms with Crippen molar-refractivity contribution in [3.63, 3.8) is 0 Å². The highest BCUT2D eigenvalue weighted by Gasteiger charge is 2.19. The third-order valence-electron chi connectivity index (χ3n) is 5.65. The van der Waals surface area contributed by atoms with Gasteiger partial charge in [0.25, 0.3) is 5.91 Å². The molecule has 4 nitrogen and oxygen atoms in total. The Morgan fingerprint density at radius 2 is 1.67 bits per heavy atom. The first-order valence-corrected chi connectivity index (χ1v) is 11.6. The van der Waals surface area contributed by atoms with Gasteiger partial charge in [-0.05, 0) is 65.8 Å². The number of rotatable bonds is 9. The predicted octanol–water partition coefficient (Wildman–Crippen LogP) is 7.17. The fourth-order valence-electron chi connectivity index (χ4n) is 3.74. The molecule has 1 amide bonds. The SMILES string of the molecule is CCCCc1ccc(NC(=O)c2ccc(OC)c(COc3ccccc3C(C)(C)C)c2)cc1. The molecule has 0 fully saturated rings. The molecule has 4 heteroatoms. The van der Waals surface area contributed by atoms with E-state index < -0.39 is 0 Å². The maximum Gasteiger partial charge on any atom is 0.255 e. The molecule has 1 N–H and O–H groups in total. The predicted molar refractivity (Wildman–Crippen MR) is 135 cm³/mol. The van der Waals surface area contributed by atoms with E-state index in [4.69, 9.17) is 9.47 Å². The minimum absolute atomic E-state index is 0.0332. The van der Waals surface area contributed by atoms with Gasteiger partial charge in [-0.2, -0.15) is 0 Å². The van der Waals surface area contributed by atoms with E-state index in [0.717, 1.165) is 29.0 Å². The van der Waals surface area contributed by atoms with Crippen LogP contribution in [-0.2, 0) is 18.4 Å². The van der Waals surface area contributed by atoms with Crippen molar-refractivity contribution < 1.29 is 14.3 Å². The van der Waals surface area contributed by atoms with Crippen molar-refractivity contribution in [1.29, 1.82) is 0 Å². The van der Waals surface area contributed by atoms with Crippen molar-refractivity contribution in [2.75, 3.05) is 12.4 Å². The molecule has 0 aliphatic heterocycles. The van der Waals surface area contributed by atoms with Crippen molar-refractivity contribution in [3.8, 4) is 11.5 Å². The van der Waals surface area contributed by atoms with E-state index in [2.05, 4.69) is 51.2 Å². The van der Waals surface area contributed by atoms with Crippen molar-refractivity contribution in [2.45, 2.75) is 59.0 Å². The molecule has 174 valence electrons. The highest BCUT2D eigenvalue weighted by molar-refractivity contribution is 6.04. The summed E-state index contributed by atoms with van der Waals surface area (Å²) in [7, 11) is 1.63. The lowest BCUT2D eigenvalue weighted by molar-refractivity contribution is 0.102. The van der Waals surface area contributed by atoms with Gasteiger partial charge in [-0.1, -0.05) is 64.4 Å². The molecular formula is C29H35NO3. The number of anilines is 1. The van der Waals surface area contributed by atoms with Crippen LogP contribution in [0, 0.1) is 0 Å². The van der Waals surface area contributed by atoms with Gasteiger partial charge in [0.1, 0.15) is 18.1 Å². The Hall–Kier alpha value is -3.27. The Labute approximate surface area is 197 Å². The molecule has 0 unspecified atom stereocenters. The summed E-state index contributed by atoms with van der Waals surface area (Å²) in [5, 5.41) is 2.99. The van der Waals surface area contributed by atoms with Crippen molar-refractivity contribution >= 4 is 11.6 Å². The van der Waals surface area contributed by atoms with E-state index >= 15 is 0 Å². The third-order valence-corrected chi connectivity index (χ3v) is 5.65. The second-order valence-corrected chi connectivity index (χ2v) is 9.32. The molecule has 0 spiro atoms. The van der Waals surface area contributed by atoms with Gasteiger partial charge in [-0.15, -0.1) is 0 Å². The van der Waals surface area contributed by atoms with E-state index in [1.807, 2.05) is 42.5 Å². The first-order valence-electron chi connectivity index (χ1n) is 11.6. The fraction of sp³-hybridized carbons (Fsp3) is 0.345. The second kappa shape index (κ2) is 11.0. The van der Waals surface area contributed by atoms with E-state index in [-0.39, 0.29) is 11.3 Å². The van der Waals surface area contributed by atoms with Gasteiger partial charge in [-0.3, -0.25) is 4.79 Å². The molecule has 0 heterocycles. The van der Waals surface area contributed by atoms with Crippen LogP contribution in [0.4, 0.5) is 5.69 Å².